The van der Waals surface area contributed by atoms with Gasteiger partial charge in [0, 0.05) is 19.5 Å². The van der Waals surface area contributed by atoms with Crippen LogP contribution in [0.2, 0.25) is 0 Å². The molecule has 0 aromatic rings. The second kappa shape index (κ2) is 5.84. The molecule has 0 aromatic carbocycles. The second-order valence-electron chi connectivity index (χ2n) is 4.39. The van der Waals surface area contributed by atoms with Gasteiger partial charge in [0.05, 0.1) is 6.04 Å². The van der Waals surface area contributed by atoms with E-state index in [4.69, 9.17) is 10.8 Å². The third-order valence-electron chi connectivity index (χ3n) is 3.12. The van der Waals surface area contributed by atoms with Crippen molar-refractivity contribution in [3.8, 4) is 0 Å². The Morgan fingerprint density at radius 3 is 2.81 bits per heavy atom. The fourth-order valence-electron chi connectivity index (χ4n) is 2.01. The molecule has 1 aliphatic rings. The number of nitrogens with two attached hydrogens (primary N) is 1. The van der Waals surface area contributed by atoms with E-state index in [1.54, 1.807) is 4.90 Å². The fraction of sp³-hybridized carbons (Fsp3) is 0.818. The van der Waals surface area contributed by atoms with Gasteiger partial charge in [0.25, 0.3) is 0 Å². The zero-order valence-electron chi connectivity index (χ0n) is 9.69. The first-order valence-electron chi connectivity index (χ1n) is 5.80. The molecule has 0 spiro atoms. The van der Waals surface area contributed by atoms with Crippen molar-refractivity contribution in [2.24, 2.45) is 11.7 Å². The molecule has 0 radical (unpaired) electrons. The number of nitrogens with zero attached hydrogens (tertiary/aromatic N) is 1. The maximum absolute atomic E-state index is 11.7. The van der Waals surface area contributed by atoms with Crippen LogP contribution in [0.5, 0.6) is 0 Å². The molecule has 1 saturated heterocycles. The molecule has 2 atom stereocenters. The molecular weight excluding hydrogens is 208 g/mol. The van der Waals surface area contributed by atoms with Crippen molar-refractivity contribution in [3.63, 3.8) is 0 Å². The summed E-state index contributed by atoms with van der Waals surface area (Å²) in [5, 5.41) is 8.57. The summed E-state index contributed by atoms with van der Waals surface area (Å²) in [6.07, 6.45) is 2.39. The fourth-order valence-corrected chi connectivity index (χ4v) is 2.01. The number of likely N-dealkylation sites (tertiary alicyclic amines) is 1. The van der Waals surface area contributed by atoms with Crippen LogP contribution in [0.1, 0.15) is 32.6 Å². The molecule has 5 heteroatoms. The van der Waals surface area contributed by atoms with E-state index >= 15 is 0 Å². The molecule has 2 unspecified atom stereocenters. The number of carbonyl (C=O) groups excluding carboxylic acids is 1. The van der Waals surface area contributed by atoms with Gasteiger partial charge in [-0.25, -0.2) is 0 Å². The van der Waals surface area contributed by atoms with Gasteiger partial charge in [-0.1, -0.05) is 6.92 Å². The monoisotopic (exact) mass is 228 g/mol. The molecule has 16 heavy (non-hydrogen) atoms. The van der Waals surface area contributed by atoms with Crippen LogP contribution in [-0.2, 0) is 9.59 Å². The first-order chi connectivity index (χ1) is 7.54. The molecule has 1 aliphatic heterocycles. The Morgan fingerprint density at radius 2 is 2.25 bits per heavy atom. The van der Waals surface area contributed by atoms with Gasteiger partial charge in [-0.3, -0.25) is 9.59 Å². The largest absolute Gasteiger partial charge is 0.481 e. The van der Waals surface area contributed by atoms with E-state index in [9.17, 15) is 9.59 Å². The molecule has 1 rings (SSSR count). The standard InChI is InChI=1S/C11H20N2O3/c1-2-9(12)11(16)13-6-5-8(7-13)3-4-10(14)15/h8-9H,2-7,12H2,1H3,(H,14,15). The Hall–Kier alpha value is -1.10. The topological polar surface area (TPSA) is 83.6 Å². The van der Waals surface area contributed by atoms with Gasteiger partial charge in [0.1, 0.15) is 0 Å². The Labute approximate surface area is 95.6 Å². The highest BCUT2D eigenvalue weighted by molar-refractivity contribution is 5.81. The average Bonchev–Trinajstić information content (AvgIpc) is 2.72. The van der Waals surface area contributed by atoms with Gasteiger partial charge in [0.15, 0.2) is 0 Å². The number of carboxylic acids is 1. The Bertz CT molecular complexity index is 268. The zero-order valence-corrected chi connectivity index (χ0v) is 9.69. The number of amides is 1. The molecule has 92 valence electrons. The number of rotatable bonds is 5. The van der Waals surface area contributed by atoms with E-state index in [-0.39, 0.29) is 12.3 Å². The van der Waals surface area contributed by atoms with E-state index < -0.39 is 12.0 Å². The van der Waals surface area contributed by atoms with Crippen LogP contribution in [0.15, 0.2) is 0 Å². The van der Waals surface area contributed by atoms with Crippen molar-refractivity contribution in [2.45, 2.75) is 38.6 Å². The summed E-state index contributed by atoms with van der Waals surface area (Å²) in [5.74, 6) is -0.445. The SMILES string of the molecule is CCC(N)C(=O)N1CCC(CCC(=O)O)C1. The van der Waals surface area contributed by atoms with E-state index in [1.165, 1.54) is 0 Å². The number of hydrogen-bond donors (Lipinski definition) is 2. The number of aliphatic carboxylic acids is 1. The molecule has 0 bridgehead atoms. The summed E-state index contributed by atoms with van der Waals surface area (Å²) < 4.78 is 0. The van der Waals surface area contributed by atoms with Crippen LogP contribution >= 0.6 is 0 Å². The van der Waals surface area contributed by atoms with Crippen LogP contribution in [0.25, 0.3) is 0 Å². The highest BCUT2D eigenvalue weighted by Gasteiger charge is 2.28. The van der Waals surface area contributed by atoms with Gasteiger partial charge >= 0.3 is 5.97 Å². The third kappa shape index (κ3) is 3.48. The van der Waals surface area contributed by atoms with Gasteiger partial charge in [-0.05, 0) is 25.2 Å². The smallest absolute Gasteiger partial charge is 0.303 e. The minimum absolute atomic E-state index is 0.000301. The summed E-state index contributed by atoms with van der Waals surface area (Å²) in [5.41, 5.74) is 5.68. The first kappa shape index (κ1) is 13.0. The lowest BCUT2D eigenvalue weighted by atomic mass is 10.0. The summed E-state index contributed by atoms with van der Waals surface area (Å²) >= 11 is 0. The molecule has 0 aliphatic carbocycles. The lowest BCUT2D eigenvalue weighted by Crippen LogP contribution is -2.42. The summed E-state index contributed by atoms with van der Waals surface area (Å²) in [7, 11) is 0. The molecule has 0 aromatic heterocycles. The number of hydrogen-bond acceptors (Lipinski definition) is 3. The zero-order chi connectivity index (χ0) is 12.1. The van der Waals surface area contributed by atoms with Gasteiger partial charge in [-0.15, -0.1) is 0 Å². The van der Waals surface area contributed by atoms with Gasteiger partial charge in [-0.2, -0.15) is 0 Å². The van der Waals surface area contributed by atoms with Crippen molar-refractivity contribution in [1.29, 1.82) is 0 Å². The quantitative estimate of drug-likeness (QED) is 0.715. The predicted molar refractivity (Wildman–Crippen MR) is 59.8 cm³/mol. The Balaban J connectivity index is 2.34. The van der Waals surface area contributed by atoms with E-state index in [1.807, 2.05) is 6.92 Å². The third-order valence-corrected chi connectivity index (χ3v) is 3.12. The maximum Gasteiger partial charge on any atom is 0.303 e. The number of carbonyl (C=O) groups is 2. The van der Waals surface area contributed by atoms with Crippen LogP contribution in [0, 0.1) is 5.92 Å². The highest BCUT2D eigenvalue weighted by Crippen LogP contribution is 2.21. The second-order valence-corrected chi connectivity index (χ2v) is 4.39. The summed E-state index contributed by atoms with van der Waals surface area (Å²) in [4.78, 5) is 23.9. The summed E-state index contributed by atoms with van der Waals surface area (Å²) in [6.45, 7) is 3.27. The van der Waals surface area contributed by atoms with Crippen LogP contribution in [-0.4, -0.2) is 41.0 Å². The lowest BCUT2D eigenvalue weighted by molar-refractivity contribution is -0.137. The molecule has 1 fully saturated rings. The molecule has 1 heterocycles. The van der Waals surface area contributed by atoms with Gasteiger partial charge < -0.3 is 15.7 Å². The minimum atomic E-state index is -0.768. The van der Waals surface area contributed by atoms with Crippen molar-refractivity contribution in [2.75, 3.05) is 13.1 Å². The number of carboxylic acid groups (broad SMARTS) is 1. The normalized spacial score (nSPS) is 22.1. The maximum atomic E-state index is 11.7. The highest BCUT2D eigenvalue weighted by atomic mass is 16.4. The van der Waals surface area contributed by atoms with Crippen LogP contribution < -0.4 is 5.73 Å². The Morgan fingerprint density at radius 1 is 1.56 bits per heavy atom. The summed E-state index contributed by atoms with van der Waals surface area (Å²) in [6, 6.07) is -0.404. The van der Waals surface area contributed by atoms with Crippen molar-refractivity contribution < 1.29 is 14.7 Å². The molecule has 1 amide bonds. The Kier molecular flexibility index (Phi) is 4.73. The lowest BCUT2D eigenvalue weighted by Gasteiger charge is -2.19. The molecular formula is C11H20N2O3. The molecule has 0 saturated carbocycles. The first-order valence-corrected chi connectivity index (χ1v) is 5.80. The molecule has 3 N–H and O–H groups in total. The van der Waals surface area contributed by atoms with Crippen molar-refractivity contribution in [3.05, 3.63) is 0 Å². The average molecular weight is 228 g/mol. The van der Waals surface area contributed by atoms with E-state index in [2.05, 4.69) is 0 Å². The van der Waals surface area contributed by atoms with E-state index in [0.29, 0.717) is 25.3 Å². The van der Waals surface area contributed by atoms with Gasteiger partial charge in [0.2, 0.25) is 5.91 Å². The molecule has 5 nitrogen and oxygen atoms in total. The van der Waals surface area contributed by atoms with Crippen molar-refractivity contribution >= 4 is 11.9 Å². The minimum Gasteiger partial charge on any atom is -0.481 e. The predicted octanol–water partition coefficient (Wildman–Crippen LogP) is 0.437. The van der Waals surface area contributed by atoms with Crippen molar-refractivity contribution in [1.82, 2.24) is 4.90 Å². The van der Waals surface area contributed by atoms with Crippen LogP contribution in [0.4, 0.5) is 0 Å². The van der Waals surface area contributed by atoms with Crippen LogP contribution in [0.3, 0.4) is 0 Å². The van der Waals surface area contributed by atoms with E-state index in [0.717, 1.165) is 13.0 Å².